The normalized spacial score (nSPS) is 28.6. The highest BCUT2D eigenvalue weighted by Gasteiger charge is 2.72. The van der Waals surface area contributed by atoms with Crippen LogP contribution in [0.25, 0.3) is 0 Å². The first kappa shape index (κ1) is 30.5. The number of aliphatic hydroxyl groups is 1. The monoisotopic (exact) mass is 615 g/mol. The molecule has 0 saturated carbocycles. The van der Waals surface area contributed by atoms with Crippen LogP contribution in [0.1, 0.15) is 31.9 Å². The zero-order valence-corrected chi connectivity index (χ0v) is 26.8. The Labute approximate surface area is 263 Å². The average Bonchev–Trinajstić information content (AvgIpc) is 3.31. The molecule has 232 valence electrons. The van der Waals surface area contributed by atoms with Gasteiger partial charge in [-0.15, -0.1) is 11.8 Å². The zero-order valence-electron chi connectivity index (χ0n) is 26.0. The van der Waals surface area contributed by atoms with E-state index in [4.69, 9.17) is 4.74 Å². The lowest BCUT2D eigenvalue weighted by atomic mass is 9.78. The lowest BCUT2D eigenvalue weighted by Crippen LogP contribution is -2.57. The number of aryl methyl sites for hydroxylation is 2. The van der Waals surface area contributed by atoms with Crippen LogP contribution in [-0.2, 0) is 14.4 Å². The van der Waals surface area contributed by atoms with E-state index < -0.39 is 28.7 Å². The van der Waals surface area contributed by atoms with Crippen LogP contribution in [0.4, 0.5) is 11.4 Å². The molecule has 4 heterocycles. The molecule has 2 saturated heterocycles. The summed E-state index contributed by atoms with van der Waals surface area (Å²) in [5, 5.41) is 10.3. The summed E-state index contributed by atoms with van der Waals surface area (Å²) >= 11 is 1.56. The number of carbonyl (C=O) groups is 3. The number of nitrogens with zero attached hydrogens (tertiary/aromatic N) is 3. The molecule has 6 atom stereocenters. The van der Waals surface area contributed by atoms with Gasteiger partial charge < -0.3 is 24.5 Å². The maximum atomic E-state index is 14.8. The van der Waals surface area contributed by atoms with Gasteiger partial charge in [-0.1, -0.05) is 50.3 Å². The molecule has 2 aromatic rings. The third-order valence-electron chi connectivity index (χ3n) is 9.53. The molecule has 6 rings (SSSR count). The summed E-state index contributed by atoms with van der Waals surface area (Å²) in [4.78, 5) is 49.2. The Morgan fingerprint density at radius 1 is 0.977 bits per heavy atom. The Hall–Kier alpha value is -3.56. The molecule has 3 amide bonds. The number of carbonyl (C=O) groups excluding carboxylic acids is 3. The SMILES string of the molecule is CCOc1ccc(N2CC=C[C@H]3S[C@]45C=CCN(c6cc(C)ccc6C)C(=O)C4N([C@@H](CO)C(C)C)C(=O)[C@@H]5[C@H]3C2=O)cc1. The van der Waals surface area contributed by atoms with Crippen molar-refractivity contribution in [1.29, 1.82) is 0 Å². The number of rotatable bonds is 7. The van der Waals surface area contributed by atoms with E-state index in [1.54, 1.807) is 26.5 Å². The molecule has 1 spiro atoms. The number of fused-ring (bicyclic) bond motifs is 2. The van der Waals surface area contributed by atoms with E-state index in [0.29, 0.717) is 19.7 Å². The number of benzene rings is 2. The number of hydrogen-bond donors (Lipinski definition) is 1. The van der Waals surface area contributed by atoms with Crippen LogP contribution in [0, 0.1) is 31.6 Å². The van der Waals surface area contributed by atoms with E-state index in [0.717, 1.165) is 28.3 Å². The van der Waals surface area contributed by atoms with Crippen molar-refractivity contribution in [3.8, 4) is 5.75 Å². The third kappa shape index (κ3) is 4.76. The molecule has 0 aliphatic carbocycles. The largest absolute Gasteiger partial charge is 0.494 e. The van der Waals surface area contributed by atoms with Crippen molar-refractivity contribution in [3.05, 3.63) is 77.9 Å². The fourth-order valence-corrected chi connectivity index (χ4v) is 9.39. The Morgan fingerprint density at radius 2 is 1.70 bits per heavy atom. The number of hydrogen-bond acceptors (Lipinski definition) is 6. The summed E-state index contributed by atoms with van der Waals surface area (Å²) in [6, 6.07) is 12.1. The zero-order chi connectivity index (χ0) is 31.3. The van der Waals surface area contributed by atoms with Crippen LogP contribution in [-0.4, -0.2) is 76.1 Å². The summed E-state index contributed by atoms with van der Waals surface area (Å²) in [6.45, 7) is 10.9. The molecule has 9 heteroatoms. The van der Waals surface area contributed by atoms with Gasteiger partial charge in [-0.25, -0.2) is 0 Å². The summed E-state index contributed by atoms with van der Waals surface area (Å²) < 4.78 is 4.65. The van der Waals surface area contributed by atoms with E-state index in [2.05, 4.69) is 0 Å². The van der Waals surface area contributed by atoms with E-state index in [1.807, 2.05) is 101 Å². The van der Waals surface area contributed by atoms with Crippen molar-refractivity contribution in [2.75, 3.05) is 36.1 Å². The molecule has 44 heavy (non-hydrogen) atoms. The van der Waals surface area contributed by atoms with Crippen LogP contribution in [0.2, 0.25) is 0 Å². The summed E-state index contributed by atoms with van der Waals surface area (Å²) in [5.41, 5.74) is 3.55. The highest BCUT2D eigenvalue weighted by atomic mass is 32.2. The molecule has 0 radical (unpaired) electrons. The highest BCUT2D eigenvalue weighted by Crippen LogP contribution is 2.61. The van der Waals surface area contributed by atoms with Crippen LogP contribution in [0.5, 0.6) is 5.75 Å². The molecule has 1 unspecified atom stereocenters. The average molecular weight is 616 g/mol. The predicted molar refractivity (Wildman–Crippen MR) is 174 cm³/mol. The van der Waals surface area contributed by atoms with Crippen LogP contribution in [0.15, 0.2) is 66.8 Å². The second-order valence-electron chi connectivity index (χ2n) is 12.5. The lowest BCUT2D eigenvalue weighted by molar-refractivity contribution is -0.142. The molecule has 4 aliphatic heterocycles. The molecule has 2 aromatic carbocycles. The summed E-state index contributed by atoms with van der Waals surface area (Å²) in [6.07, 6.45) is 8.06. The Bertz CT molecular complexity index is 1520. The van der Waals surface area contributed by atoms with Gasteiger partial charge in [-0.2, -0.15) is 0 Å². The molecular formula is C35H41N3O5S. The second kappa shape index (κ2) is 11.7. The Kier molecular flexibility index (Phi) is 8.13. The van der Waals surface area contributed by atoms with E-state index in [9.17, 15) is 19.5 Å². The number of thioether (sulfide) groups is 1. The Balaban J connectivity index is 1.45. The minimum atomic E-state index is -0.958. The third-order valence-corrected chi connectivity index (χ3v) is 11.3. The topological polar surface area (TPSA) is 90.4 Å². The quantitative estimate of drug-likeness (QED) is 0.461. The second-order valence-corrected chi connectivity index (χ2v) is 14.0. The fraction of sp³-hybridized carbons (Fsp3) is 0.457. The van der Waals surface area contributed by atoms with Crippen molar-refractivity contribution in [1.82, 2.24) is 4.90 Å². The van der Waals surface area contributed by atoms with Gasteiger partial charge in [-0.3, -0.25) is 14.4 Å². The van der Waals surface area contributed by atoms with Crippen LogP contribution in [0.3, 0.4) is 0 Å². The lowest BCUT2D eigenvalue weighted by Gasteiger charge is -2.40. The number of anilines is 2. The number of aliphatic hydroxyl groups excluding tert-OH is 1. The van der Waals surface area contributed by atoms with Crippen molar-refractivity contribution >= 4 is 40.9 Å². The first-order valence-corrected chi connectivity index (χ1v) is 16.4. The van der Waals surface area contributed by atoms with Gasteiger partial charge in [0.05, 0.1) is 35.8 Å². The molecule has 2 fully saturated rings. The standard InChI is InChI=1S/C35H41N3O5S/c1-6-43-25-14-12-24(13-15-25)36-17-7-9-28-29(32(36)40)30-33(41)38(27(20-39)21(2)3)31-34(42)37(18-8-16-35(30,31)44-28)26-19-22(4)10-11-23(26)5/h7-16,19,21,27-31,39H,6,17-18,20H2,1-5H3/t27-,28+,29-,30-,31?,35-/m0/s1. The first-order chi connectivity index (χ1) is 21.1. The minimum Gasteiger partial charge on any atom is -0.494 e. The molecule has 1 N–H and O–H groups in total. The Morgan fingerprint density at radius 3 is 2.39 bits per heavy atom. The van der Waals surface area contributed by atoms with Crippen LogP contribution >= 0.6 is 11.8 Å². The molecule has 0 aromatic heterocycles. The smallest absolute Gasteiger partial charge is 0.251 e. The van der Waals surface area contributed by atoms with Crippen molar-refractivity contribution in [2.24, 2.45) is 17.8 Å². The van der Waals surface area contributed by atoms with Gasteiger partial charge in [-0.05, 0) is 68.1 Å². The fourth-order valence-electron chi connectivity index (χ4n) is 7.40. The predicted octanol–water partition coefficient (Wildman–Crippen LogP) is 4.52. The maximum absolute atomic E-state index is 14.8. The van der Waals surface area contributed by atoms with Crippen LogP contribution < -0.4 is 14.5 Å². The number of ether oxygens (including phenoxy) is 1. The van der Waals surface area contributed by atoms with Gasteiger partial charge in [0, 0.05) is 29.7 Å². The van der Waals surface area contributed by atoms with Crippen molar-refractivity contribution in [2.45, 2.75) is 56.7 Å². The van der Waals surface area contributed by atoms with E-state index in [1.165, 1.54) is 0 Å². The van der Waals surface area contributed by atoms with Gasteiger partial charge in [0.1, 0.15) is 11.8 Å². The number of likely N-dealkylation sites (tertiary alicyclic amines) is 1. The van der Waals surface area contributed by atoms with Crippen molar-refractivity contribution < 1.29 is 24.2 Å². The summed E-state index contributed by atoms with van der Waals surface area (Å²) in [5.74, 6) is -1.34. The highest BCUT2D eigenvalue weighted by molar-refractivity contribution is 8.02. The van der Waals surface area contributed by atoms with Gasteiger partial charge in [0.25, 0.3) is 5.91 Å². The van der Waals surface area contributed by atoms with Crippen molar-refractivity contribution in [3.63, 3.8) is 0 Å². The molecular weight excluding hydrogens is 574 g/mol. The minimum absolute atomic E-state index is 0.0973. The molecule has 8 nitrogen and oxygen atoms in total. The summed E-state index contributed by atoms with van der Waals surface area (Å²) in [7, 11) is 0. The van der Waals surface area contributed by atoms with E-state index in [-0.39, 0.29) is 35.5 Å². The van der Waals surface area contributed by atoms with Gasteiger partial charge >= 0.3 is 0 Å². The molecule has 4 aliphatic rings. The first-order valence-electron chi connectivity index (χ1n) is 15.5. The van der Waals surface area contributed by atoms with Gasteiger partial charge in [0.2, 0.25) is 11.8 Å². The van der Waals surface area contributed by atoms with Gasteiger partial charge in [0.15, 0.2) is 0 Å². The number of amides is 3. The maximum Gasteiger partial charge on any atom is 0.251 e. The van der Waals surface area contributed by atoms with E-state index >= 15 is 0 Å². The molecule has 0 bridgehead atoms.